The van der Waals surface area contributed by atoms with E-state index in [1.54, 1.807) is 0 Å². The standard InChI is InChI=1S/C22H36N4O.HI/c1-18(2)15-22(9-6-10-22)17-25-21(23-3)24-16-19-7-4-5-8-20(19)26-11-13-27-14-12-26;/h4-5,7-8,18H,6,9-17H2,1-3H3,(H2,23,24,25);1H. The van der Waals surface area contributed by atoms with Crippen LogP contribution in [0.25, 0.3) is 0 Å². The Labute approximate surface area is 187 Å². The van der Waals surface area contributed by atoms with Crippen LogP contribution in [-0.4, -0.2) is 45.9 Å². The number of hydrogen-bond donors (Lipinski definition) is 2. The molecule has 2 fully saturated rings. The molecule has 1 aromatic carbocycles. The molecule has 1 saturated carbocycles. The number of guanidine groups is 1. The monoisotopic (exact) mass is 500 g/mol. The van der Waals surface area contributed by atoms with Gasteiger partial charge in [-0.3, -0.25) is 4.99 Å². The molecular weight excluding hydrogens is 463 g/mol. The minimum Gasteiger partial charge on any atom is -0.378 e. The Morgan fingerprint density at radius 2 is 1.89 bits per heavy atom. The second-order valence-electron chi connectivity index (χ2n) is 8.46. The SMILES string of the molecule is CN=C(NCc1ccccc1N1CCOCC1)NCC1(CC(C)C)CCC1.I. The summed E-state index contributed by atoms with van der Waals surface area (Å²) in [4.78, 5) is 6.87. The molecule has 1 aliphatic heterocycles. The zero-order chi connectivity index (χ0) is 19.1. The lowest BCUT2D eigenvalue weighted by molar-refractivity contribution is 0.104. The molecule has 158 valence electrons. The van der Waals surface area contributed by atoms with Gasteiger partial charge in [-0.05, 0) is 42.2 Å². The Morgan fingerprint density at radius 3 is 2.50 bits per heavy atom. The van der Waals surface area contributed by atoms with Gasteiger partial charge < -0.3 is 20.3 Å². The normalized spacial score (nSPS) is 19.0. The van der Waals surface area contributed by atoms with Gasteiger partial charge in [0.2, 0.25) is 0 Å². The Bertz CT molecular complexity index is 625. The molecule has 6 heteroatoms. The van der Waals surface area contributed by atoms with E-state index in [4.69, 9.17) is 4.74 Å². The molecule has 1 aromatic rings. The highest BCUT2D eigenvalue weighted by atomic mass is 127. The summed E-state index contributed by atoms with van der Waals surface area (Å²) in [5.41, 5.74) is 3.08. The van der Waals surface area contributed by atoms with Gasteiger partial charge in [-0.1, -0.05) is 38.5 Å². The van der Waals surface area contributed by atoms with Crippen LogP contribution in [0.4, 0.5) is 5.69 Å². The predicted octanol–water partition coefficient (Wildman–Crippen LogP) is 4.02. The van der Waals surface area contributed by atoms with Gasteiger partial charge in [0.15, 0.2) is 5.96 Å². The van der Waals surface area contributed by atoms with Crippen molar-refractivity contribution in [2.24, 2.45) is 16.3 Å². The number of para-hydroxylation sites is 1. The van der Waals surface area contributed by atoms with Gasteiger partial charge in [-0.25, -0.2) is 0 Å². The van der Waals surface area contributed by atoms with Crippen molar-refractivity contribution in [3.8, 4) is 0 Å². The van der Waals surface area contributed by atoms with Crippen molar-refractivity contribution >= 4 is 35.6 Å². The average Bonchev–Trinajstić information content (AvgIpc) is 2.66. The maximum atomic E-state index is 5.50. The molecule has 2 aliphatic rings. The van der Waals surface area contributed by atoms with E-state index in [1.807, 2.05) is 7.05 Å². The molecule has 0 spiro atoms. The first-order valence-electron chi connectivity index (χ1n) is 10.5. The Morgan fingerprint density at radius 1 is 1.18 bits per heavy atom. The summed E-state index contributed by atoms with van der Waals surface area (Å²) in [5, 5.41) is 7.11. The fourth-order valence-corrected chi connectivity index (χ4v) is 4.44. The maximum Gasteiger partial charge on any atom is 0.191 e. The third-order valence-corrected chi connectivity index (χ3v) is 5.90. The average molecular weight is 500 g/mol. The lowest BCUT2D eigenvalue weighted by Crippen LogP contribution is -2.47. The molecule has 5 nitrogen and oxygen atoms in total. The highest BCUT2D eigenvalue weighted by Crippen LogP contribution is 2.45. The van der Waals surface area contributed by atoms with Crippen molar-refractivity contribution in [2.45, 2.75) is 46.1 Å². The molecule has 0 bridgehead atoms. The van der Waals surface area contributed by atoms with Crippen molar-refractivity contribution in [1.29, 1.82) is 0 Å². The number of halogens is 1. The lowest BCUT2D eigenvalue weighted by atomic mass is 9.64. The summed E-state index contributed by atoms with van der Waals surface area (Å²) in [7, 11) is 1.86. The van der Waals surface area contributed by atoms with Crippen LogP contribution in [0.1, 0.15) is 45.1 Å². The van der Waals surface area contributed by atoms with Crippen molar-refractivity contribution in [1.82, 2.24) is 10.6 Å². The van der Waals surface area contributed by atoms with Crippen LogP contribution in [0.15, 0.2) is 29.3 Å². The van der Waals surface area contributed by atoms with Gasteiger partial charge in [0.05, 0.1) is 13.2 Å². The quantitative estimate of drug-likeness (QED) is 0.338. The second kappa shape index (κ2) is 11.2. The number of hydrogen-bond acceptors (Lipinski definition) is 3. The van der Waals surface area contributed by atoms with Gasteiger partial charge in [-0.15, -0.1) is 24.0 Å². The Hall–Kier alpha value is -1.02. The Balaban J connectivity index is 0.00000280. The topological polar surface area (TPSA) is 48.9 Å². The van der Waals surface area contributed by atoms with E-state index in [-0.39, 0.29) is 24.0 Å². The molecule has 1 saturated heterocycles. The Kier molecular flexibility index (Phi) is 9.34. The highest BCUT2D eigenvalue weighted by Gasteiger charge is 2.37. The molecule has 0 atom stereocenters. The van der Waals surface area contributed by atoms with E-state index >= 15 is 0 Å². The maximum absolute atomic E-state index is 5.50. The van der Waals surface area contributed by atoms with Crippen LogP contribution in [0.2, 0.25) is 0 Å². The van der Waals surface area contributed by atoms with E-state index in [0.717, 1.165) is 51.3 Å². The third-order valence-electron chi connectivity index (χ3n) is 5.90. The molecule has 0 radical (unpaired) electrons. The van der Waals surface area contributed by atoms with Crippen molar-refractivity contribution in [3.05, 3.63) is 29.8 Å². The number of nitrogens with one attached hydrogen (secondary N) is 2. The summed E-state index contributed by atoms with van der Waals surface area (Å²) >= 11 is 0. The number of morpholine rings is 1. The number of anilines is 1. The fraction of sp³-hybridized carbons (Fsp3) is 0.682. The molecule has 1 heterocycles. The van der Waals surface area contributed by atoms with Crippen LogP contribution < -0.4 is 15.5 Å². The third kappa shape index (κ3) is 6.24. The fourth-order valence-electron chi connectivity index (χ4n) is 4.44. The van der Waals surface area contributed by atoms with Crippen molar-refractivity contribution in [3.63, 3.8) is 0 Å². The zero-order valence-electron chi connectivity index (χ0n) is 17.7. The molecule has 0 amide bonds. The van der Waals surface area contributed by atoms with Gasteiger partial charge >= 0.3 is 0 Å². The van der Waals surface area contributed by atoms with Gasteiger partial charge in [0.25, 0.3) is 0 Å². The zero-order valence-corrected chi connectivity index (χ0v) is 20.0. The molecule has 1 aliphatic carbocycles. The predicted molar refractivity (Wildman–Crippen MR) is 129 cm³/mol. The second-order valence-corrected chi connectivity index (χ2v) is 8.46. The van der Waals surface area contributed by atoms with Crippen LogP contribution in [0.5, 0.6) is 0 Å². The van der Waals surface area contributed by atoms with E-state index < -0.39 is 0 Å². The molecule has 0 unspecified atom stereocenters. The molecule has 28 heavy (non-hydrogen) atoms. The van der Waals surface area contributed by atoms with Crippen molar-refractivity contribution < 1.29 is 4.74 Å². The number of nitrogens with zero attached hydrogens (tertiary/aromatic N) is 2. The minimum absolute atomic E-state index is 0. The van der Waals surface area contributed by atoms with E-state index in [1.165, 1.54) is 36.9 Å². The molecule has 2 N–H and O–H groups in total. The van der Waals surface area contributed by atoms with Crippen molar-refractivity contribution in [2.75, 3.05) is 44.8 Å². The molecule has 0 aromatic heterocycles. The minimum atomic E-state index is 0. The number of benzene rings is 1. The van der Waals surface area contributed by atoms with E-state index in [0.29, 0.717) is 5.41 Å². The van der Waals surface area contributed by atoms with E-state index in [9.17, 15) is 0 Å². The summed E-state index contributed by atoms with van der Waals surface area (Å²) in [6, 6.07) is 8.65. The number of rotatable bonds is 7. The lowest BCUT2D eigenvalue weighted by Gasteiger charge is -2.43. The largest absolute Gasteiger partial charge is 0.378 e. The van der Waals surface area contributed by atoms with Gasteiger partial charge in [0.1, 0.15) is 0 Å². The first kappa shape index (κ1) is 23.3. The first-order valence-corrected chi connectivity index (χ1v) is 10.5. The highest BCUT2D eigenvalue weighted by molar-refractivity contribution is 14.0. The number of aliphatic imine (C=N–C) groups is 1. The summed E-state index contributed by atoms with van der Waals surface area (Å²) in [5.74, 6) is 1.66. The van der Waals surface area contributed by atoms with E-state index in [2.05, 4.69) is 58.6 Å². The molecular formula is C22H37IN4O. The summed E-state index contributed by atoms with van der Waals surface area (Å²) in [6.07, 6.45) is 5.36. The molecule has 3 rings (SSSR count). The van der Waals surface area contributed by atoms with Crippen LogP contribution in [0, 0.1) is 11.3 Å². The summed E-state index contributed by atoms with van der Waals surface area (Å²) < 4.78 is 5.50. The number of ether oxygens (including phenoxy) is 1. The summed E-state index contributed by atoms with van der Waals surface area (Å²) in [6.45, 7) is 10.0. The van der Waals surface area contributed by atoms with Gasteiger partial charge in [-0.2, -0.15) is 0 Å². The van der Waals surface area contributed by atoms with Crippen LogP contribution >= 0.6 is 24.0 Å². The van der Waals surface area contributed by atoms with Gasteiger partial charge in [0, 0.05) is 38.9 Å². The van der Waals surface area contributed by atoms with Crippen LogP contribution in [0.3, 0.4) is 0 Å². The van der Waals surface area contributed by atoms with Crippen LogP contribution in [-0.2, 0) is 11.3 Å². The first-order chi connectivity index (χ1) is 13.1. The smallest absolute Gasteiger partial charge is 0.191 e.